The lowest BCUT2D eigenvalue weighted by Gasteiger charge is -2.25. The van der Waals surface area contributed by atoms with E-state index in [4.69, 9.17) is 16.3 Å². The monoisotopic (exact) mass is 590 g/mol. The Labute approximate surface area is 248 Å². The van der Waals surface area contributed by atoms with E-state index in [1.165, 1.54) is 15.4 Å². The number of halogens is 1. The number of nitrogens with zero attached hydrogens (tertiary/aromatic N) is 1. The van der Waals surface area contributed by atoms with E-state index in [2.05, 4.69) is 31.3 Å². The minimum Gasteiger partial charge on any atom is -0.484 e. The van der Waals surface area contributed by atoms with Gasteiger partial charge in [0.15, 0.2) is 6.61 Å². The number of ether oxygens (including phenoxy) is 1. The molecule has 1 atom stereocenters. The second-order valence-corrected chi connectivity index (χ2v) is 12.6. The first-order valence-corrected chi connectivity index (χ1v) is 15.2. The zero-order chi connectivity index (χ0) is 29.7. The van der Waals surface area contributed by atoms with Crippen LogP contribution in [0, 0.1) is 27.7 Å². The van der Waals surface area contributed by atoms with Crippen molar-refractivity contribution in [1.29, 1.82) is 0 Å². The van der Waals surface area contributed by atoms with E-state index in [0.29, 0.717) is 16.5 Å². The molecule has 4 rings (SSSR count). The van der Waals surface area contributed by atoms with Crippen LogP contribution in [0.5, 0.6) is 5.75 Å². The first kappa shape index (κ1) is 30.2. The predicted molar refractivity (Wildman–Crippen MR) is 165 cm³/mol. The summed E-state index contributed by atoms with van der Waals surface area (Å²) in [5, 5.41) is 3.57. The molecule has 0 saturated heterocycles. The third kappa shape index (κ3) is 7.48. The normalized spacial score (nSPS) is 12.0. The van der Waals surface area contributed by atoms with Crippen molar-refractivity contribution in [3.8, 4) is 5.75 Å². The Morgan fingerprint density at radius 3 is 2.10 bits per heavy atom. The number of carbonyl (C=O) groups is 1. The predicted octanol–water partition coefficient (Wildman–Crippen LogP) is 7.23. The molecule has 0 heterocycles. The third-order valence-corrected chi connectivity index (χ3v) is 9.11. The quantitative estimate of drug-likeness (QED) is 0.211. The molecule has 1 N–H and O–H groups in total. The van der Waals surface area contributed by atoms with Gasteiger partial charge in [-0.25, -0.2) is 8.42 Å². The van der Waals surface area contributed by atoms with Crippen LogP contribution in [0.15, 0.2) is 89.8 Å². The van der Waals surface area contributed by atoms with E-state index in [1.807, 2.05) is 20.8 Å². The van der Waals surface area contributed by atoms with Crippen LogP contribution in [0.2, 0.25) is 5.02 Å². The van der Waals surface area contributed by atoms with Gasteiger partial charge in [0.1, 0.15) is 5.75 Å². The highest BCUT2D eigenvalue weighted by Crippen LogP contribution is 2.29. The molecule has 0 aromatic heterocycles. The van der Waals surface area contributed by atoms with Crippen molar-refractivity contribution in [2.75, 3.05) is 10.9 Å². The highest BCUT2D eigenvalue weighted by atomic mass is 35.5. The highest BCUT2D eigenvalue weighted by molar-refractivity contribution is 7.92. The van der Waals surface area contributed by atoms with Gasteiger partial charge in [0, 0.05) is 5.02 Å². The van der Waals surface area contributed by atoms with Gasteiger partial charge in [-0.15, -0.1) is 0 Å². The zero-order valence-electron chi connectivity index (χ0n) is 23.9. The van der Waals surface area contributed by atoms with Crippen molar-refractivity contribution in [3.05, 3.63) is 123 Å². The average Bonchev–Trinajstić information content (AvgIpc) is 2.94. The molecular weight excluding hydrogens is 556 g/mol. The van der Waals surface area contributed by atoms with Gasteiger partial charge in [-0.1, -0.05) is 53.6 Å². The number of sulfonamides is 1. The molecule has 0 bridgehead atoms. The lowest BCUT2D eigenvalue weighted by atomic mass is 9.96. The number of rotatable bonds is 10. The average molecular weight is 591 g/mol. The van der Waals surface area contributed by atoms with Crippen molar-refractivity contribution in [3.63, 3.8) is 0 Å². The molecule has 0 aliphatic rings. The van der Waals surface area contributed by atoms with Crippen LogP contribution in [0.1, 0.15) is 46.3 Å². The van der Waals surface area contributed by atoms with Crippen molar-refractivity contribution in [2.45, 2.75) is 52.1 Å². The molecule has 4 aromatic rings. The second-order valence-electron chi connectivity index (χ2n) is 10.3. The van der Waals surface area contributed by atoms with E-state index in [0.717, 1.165) is 22.3 Å². The first-order chi connectivity index (χ1) is 19.4. The van der Waals surface area contributed by atoms with Crippen molar-refractivity contribution in [1.82, 2.24) is 5.32 Å². The first-order valence-electron chi connectivity index (χ1n) is 13.4. The Balaban J connectivity index is 1.48. The largest absolute Gasteiger partial charge is 0.484 e. The third-order valence-electron chi connectivity index (χ3n) is 7.07. The maximum atomic E-state index is 13.7. The molecule has 4 aromatic carbocycles. The standard InChI is InChI=1S/C33H35ClN2O4S/c1-22-6-16-31(17-7-22)41(38,39)36(20-27-8-10-28(34)11-9-27)29-12-14-30(15-13-29)40-21-33(37)35-26(5)32-19-24(3)23(2)18-25(32)4/h6-19,26H,20-21H2,1-5H3,(H,35,37). The highest BCUT2D eigenvalue weighted by Gasteiger charge is 2.25. The Morgan fingerprint density at radius 1 is 0.854 bits per heavy atom. The smallest absolute Gasteiger partial charge is 0.264 e. The van der Waals surface area contributed by atoms with E-state index >= 15 is 0 Å². The van der Waals surface area contributed by atoms with Crippen LogP contribution in [0.4, 0.5) is 5.69 Å². The summed E-state index contributed by atoms with van der Waals surface area (Å²) >= 11 is 6.04. The van der Waals surface area contributed by atoms with E-state index in [1.54, 1.807) is 72.8 Å². The maximum Gasteiger partial charge on any atom is 0.264 e. The van der Waals surface area contributed by atoms with Crippen LogP contribution < -0.4 is 14.4 Å². The molecule has 1 unspecified atom stereocenters. The number of hydrogen-bond acceptors (Lipinski definition) is 4. The Bertz CT molecular complexity index is 1620. The summed E-state index contributed by atoms with van der Waals surface area (Å²) in [7, 11) is -3.87. The van der Waals surface area contributed by atoms with Gasteiger partial charge >= 0.3 is 0 Å². The SMILES string of the molecule is Cc1ccc(S(=O)(=O)N(Cc2ccc(Cl)cc2)c2ccc(OCC(=O)NC(C)c3cc(C)c(C)cc3C)cc2)cc1. The summed E-state index contributed by atoms with van der Waals surface area (Å²) in [6.45, 7) is 9.98. The fourth-order valence-electron chi connectivity index (χ4n) is 4.58. The van der Waals surface area contributed by atoms with Crippen LogP contribution in [0.3, 0.4) is 0 Å². The van der Waals surface area contributed by atoms with Crippen molar-refractivity contribution < 1.29 is 17.9 Å². The zero-order valence-corrected chi connectivity index (χ0v) is 25.5. The molecular formula is C33H35ClN2O4S. The number of carbonyl (C=O) groups excluding carboxylic acids is 1. The summed E-state index contributed by atoms with van der Waals surface area (Å²) in [6, 6.07) is 24.6. The van der Waals surface area contributed by atoms with Crippen molar-refractivity contribution in [2.24, 2.45) is 0 Å². The Kier molecular flexibility index (Phi) is 9.41. The Hall–Kier alpha value is -3.81. The van der Waals surface area contributed by atoms with Gasteiger partial charge in [-0.3, -0.25) is 9.10 Å². The van der Waals surface area contributed by atoms with Gasteiger partial charge in [0.25, 0.3) is 15.9 Å². The van der Waals surface area contributed by atoms with Gasteiger partial charge in [-0.05, 0) is 111 Å². The topological polar surface area (TPSA) is 75.7 Å². The van der Waals surface area contributed by atoms with Gasteiger partial charge in [0.2, 0.25) is 0 Å². The minimum absolute atomic E-state index is 0.117. The summed E-state index contributed by atoms with van der Waals surface area (Å²) < 4.78 is 34.5. The molecule has 6 nitrogen and oxygen atoms in total. The number of hydrogen-bond donors (Lipinski definition) is 1. The molecule has 0 saturated carbocycles. The number of amides is 1. The van der Waals surface area contributed by atoms with Crippen LogP contribution in [-0.2, 0) is 21.4 Å². The summed E-state index contributed by atoms with van der Waals surface area (Å²) in [5.74, 6) is 0.212. The van der Waals surface area contributed by atoms with Crippen LogP contribution in [-0.4, -0.2) is 20.9 Å². The molecule has 0 aliphatic heterocycles. The molecule has 0 radical (unpaired) electrons. The molecule has 8 heteroatoms. The number of anilines is 1. The van der Waals surface area contributed by atoms with Crippen LogP contribution >= 0.6 is 11.6 Å². The lowest BCUT2D eigenvalue weighted by Crippen LogP contribution is -2.31. The lowest BCUT2D eigenvalue weighted by molar-refractivity contribution is -0.123. The van der Waals surface area contributed by atoms with Crippen molar-refractivity contribution >= 4 is 33.2 Å². The number of benzene rings is 4. The fourth-order valence-corrected chi connectivity index (χ4v) is 6.15. The molecule has 0 spiro atoms. The van der Waals surface area contributed by atoms with Gasteiger partial charge < -0.3 is 10.1 Å². The molecule has 0 fully saturated rings. The van der Waals surface area contributed by atoms with Gasteiger partial charge in [0.05, 0.1) is 23.2 Å². The maximum absolute atomic E-state index is 13.7. The van der Waals surface area contributed by atoms with Gasteiger partial charge in [-0.2, -0.15) is 0 Å². The number of aryl methyl sites for hydroxylation is 4. The van der Waals surface area contributed by atoms with Crippen LogP contribution in [0.25, 0.3) is 0 Å². The molecule has 1 amide bonds. The summed E-state index contributed by atoms with van der Waals surface area (Å²) in [5.41, 5.74) is 6.82. The number of nitrogens with one attached hydrogen (secondary N) is 1. The van der Waals surface area contributed by atoms with E-state index < -0.39 is 10.0 Å². The summed E-state index contributed by atoms with van der Waals surface area (Å²) in [6.07, 6.45) is 0. The Morgan fingerprint density at radius 2 is 1.46 bits per heavy atom. The molecule has 0 aliphatic carbocycles. The molecule has 214 valence electrons. The minimum atomic E-state index is -3.87. The van der Waals surface area contributed by atoms with E-state index in [9.17, 15) is 13.2 Å². The van der Waals surface area contributed by atoms with E-state index in [-0.39, 0.29) is 30.0 Å². The fraction of sp³-hybridized carbons (Fsp3) is 0.242. The summed E-state index contributed by atoms with van der Waals surface area (Å²) in [4.78, 5) is 12.8. The second kappa shape index (κ2) is 12.8. The molecule has 41 heavy (non-hydrogen) atoms.